The number of phenolic OH excluding ortho intramolecular Hbond substituents is 1. The molecule has 0 saturated carbocycles. The highest BCUT2D eigenvalue weighted by Crippen LogP contribution is 2.19. The van der Waals surface area contributed by atoms with Gasteiger partial charge in [-0.3, -0.25) is 4.79 Å². The summed E-state index contributed by atoms with van der Waals surface area (Å²) in [6, 6.07) is 22.5. The van der Waals surface area contributed by atoms with Gasteiger partial charge in [0.1, 0.15) is 5.75 Å². The van der Waals surface area contributed by atoms with Crippen LogP contribution in [0, 0.1) is 0 Å². The van der Waals surface area contributed by atoms with Gasteiger partial charge in [0.15, 0.2) is 0 Å². The second-order valence-corrected chi connectivity index (χ2v) is 8.60. The topological polar surface area (TPSA) is 52.6 Å². The number of hydrogen-bond acceptors (Lipinski definition) is 3. The summed E-state index contributed by atoms with van der Waals surface area (Å²) in [5.41, 5.74) is 2.49. The molecule has 0 aliphatic carbocycles. The maximum absolute atomic E-state index is 12.4. The van der Waals surface area contributed by atoms with Gasteiger partial charge >= 0.3 is 0 Å². The van der Waals surface area contributed by atoms with Gasteiger partial charge in [-0.15, -0.1) is 0 Å². The van der Waals surface area contributed by atoms with Crippen LogP contribution in [0.25, 0.3) is 16.8 Å². The van der Waals surface area contributed by atoms with Crippen LogP contribution < -0.4 is 5.32 Å². The number of phenols is 1. The first kappa shape index (κ1) is 20.8. The number of nitrogens with zero attached hydrogens (tertiary/aromatic N) is 1. The van der Waals surface area contributed by atoms with E-state index >= 15 is 0 Å². The van der Waals surface area contributed by atoms with E-state index in [9.17, 15) is 9.90 Å². The number of hydrogen-bond donors (Lipinski definition) is 2. The quantitative estimate of drug-likeness (QED) is 0.448. The minimum atomic E-state index is -0.0841. The van der Waals surface area contributed by atoms with E-state index in [1.165, 1.54) is 5.56 Å². The summed E-state index contributed by atoms with van der Waals surface area (Å²) < 4.78 is 0. The molecule has 0 bridgehead atoms. The third-order valence-corrected chi connectivity index (χ3v) is 6.61. The molecule has 0 aliphatic rings. The van der Waals surface area contributed by atoms with E-state index in [4.69, 9.17) is 0 Å². The van der Waals surface area contributed by atoms with E-state index in [2.05, 4.69) is 28.4 Å². The van der Waals surface area contributed by atoms with E-state index in [0.29, 0.717) is 16.1 Å². The van der Waals surface area contributed by atoms with Crippen LogP contribution in [-0.2, 0) is 10.8 Å². The largest absolute Gasteiger partial charge is 0.508 e. The van der Waals surface area contributed by atoms with Gasteiger partial charge in [0.2, 0.25) is 5.91 Å². The SMILES string of the molecule is CN(C)[C@H](CNC(=O)/C=C/c1cccc2ccccc12)[Si]Cc1ccc(O)cc1. The molecule has 29 heavy (non-hydrogen) atoms. The number of rotatable bonds is 8. The Morgan fingerprint density at radius 1 is 1.07 bits per heavy atom. The number of aromatic hydroxyl groups is 1. The van der Waals surface area contributed by atoms with Crippen LogP contribution in [0.1, 0.15) is 11.1 Å². The van der Waals surface area contributed by atoms with Crippen molar-refractivity contribution in [2.24, 2.45) is 0 Å². The van der Waals surface area contributed by atoms with Crippen molar-refractivity contribution < 1.29 is 9.90 Å². The number of nitrogens with one attached hydrogen (secondary N) is 1. The summed E-state index contributed by atoms with van der Waals surface area (Å²) in [4.78, 5) is 14.5. The van der Waals surface area contributed by atoms with Gasteiger partial charge in [0.25, 0.3) is 0 Å². The highest BCUT2D eigenvalue weighted by molar-refractivity contribution is 6.37. The average molecular weight is 403 g/mol. The number of fused-ring (bicyclic) bond motifs is 1. The molecule has 0 saturated heterocycles. The molecule has 0 heterocycles. The molecule has 2 N–H and O–H groups in total. The standard InChI is InChI=1S/C24H26N2O2Si/c1-26(2)24(29-17-18-10-13-21(27)14-11-18)16-25-23(28)15-12-20-8-5-7-19-6-3-4-9-22(19)20/h3-15,24,27H,16-17H2,1-2H3,(H,25,28)/b15-12+/t24-/m0/s1. The Morgan fingerprint density at radius 2 is 1.79 bits per heavy atom. The average Bonchev–Trinajstić information content (AvgIpc) is 2.73. The van der Waals surface area contributed by atoms with Gasteiger partial charge in [-0.25, -0.2) is 0 Å². The molecule has 4 nitrogen and oxygen atoms in total. The Morgan fingerprint density at radius 3 is 2.55 bits per heavy atom. The molecule has 0 aromatic heterocycles. The minimum Gasteiger partial charge on any atom is -0.508 e. The molecule has 0 spiro atoms. The number of carbonyl (C=O) groups excluding carboxylic acids is 1. The van der Waals surface area contributed by atoms with Crippen LogP contribution in [0.5, 0.6) is 5.75 Å². The molecule has 0 aliphatic heterocycles. The maximum Gasteiger partial charge on any atom is 0.244 e. The molecule has 3 rings (SSSR count). The van der Waals surface area contributed by atoms with Crippen LogP contribution in [0.2, 0.25) is 0 Å². The van der Waals surface area contributed by atoms with Gasteiger partial charge in [-0.05, 0) is 54.7 Å². The summed E-state index contributed by atoms with van der Waals surface area (Å²) in [7, 11) is 4.71. The smallest absolute Gasteiger partial charge is 0.244 e. The first-order chi connectivity index (χ1) is 14.0. The van der Waals surface area contributed by atoms with Gasteiger partial charge in [0, 0.05) is 18.3 Å². The van der Waals surface area contributed by atoms with Crippen LogP contribution >= 0.6 is 0 Å². The summed E-state index contributed by atoms with van der Waals surface area (Å²) in [6.07, 6.45) is 3.48. The second-order valence-electron chi connectivity index (χ2n) is 7.17. The Labute approximate surface area is 174 Å². The predicted molar refractivity (Wildman–Crippen MR) is 121 cm³/mol. The highest BCUT2D eigenvalue weighted by Gasteiger charge is 2.13. The molecule has 1 amide bonds. The Kier molecular flexibility index (Phi) is 7.22. The molecule has 0 fully saturated rings. The molecule has 0 unspecified atom stereocenters. The van der Waals surface area contributed by atoms with E-state index in [-0.39, 0.29) is 17.3 Å². The zero-order valence-corrected chi connectivity index (χ0v) is 17.8. The lowest BCUT2D eigenvalue weighted by atomic mass is 10.0. The molecular formula is C24H26N2O2Si. The first-order valence-corrected chi connectivity index (χ1v) is 10.9. The first-order valence-electron chi connectivity index (χ1n) is 9.64. The van der Waals surface area contributed by atoms with Crippen LogP contribution in [0.3, 0.4) is 0 Å². The third kappa shape index (κ3) is 6.04. The molecule has 3 aromatic rings. The molecule has 1 atom stereocenters. The molecule has 2 radical (unpaired) electrons. The van der Waals surface area contributed by atoms with Gasteiger partial charge in [-0.1, -0.05) is 60.2 Å². The number of carbonyl (C=O) groups is 1. The predicted octanol–water partition coefficient (Wildman–Crippen LogP) is 3.47. The Bertz CT molecular complexity index is 978. The monoisotopic (exact) mass is 402 g/mol. The van der Waals surface area contributed by atoms with Gasteiger partial charge in [0.05, 0.1) is 9.52 Å². The van der Waals surface area contributed by atoms with Gasteiger partial charge in [-0.2, -0.15) is 0 Å². The fourth-order valence-electron chi connectivity index (χ4n) is 3.10. The lowest BCUT2D eigenvalue weighted by Crippen LogP contribution is -2.44. The van der Waals surface area contributed by atoms with Crippen LogP contribution in [-0.4, -0.2) is 51.7 Å². The van der Waals surface area contributed by atoms with Crippen molar-refractivity contribution in [3.63, 3.8) is 0 Å². The molecule has 148 valence electrons. The Balaban J connectivity index is 1.55. The molecular weight excluding hydrogens is 376 g/mol. The zero-order valence-electron chi connectivity index (χ0n) is 16.8. The fourth-order valence-corrected chi connectivity index (χ4v) is 4.42. The fraction of sp³-hybridized carbons (Fsp3) is 0.208. The lowest BCUT2D eigenvalue weighted by molar-refractivity contribution is -0.116. The summed E-state index contributed by atoms with van der Waals surface area (Å²) in [6.45, 7) is 0.599. The summed E-state index contributed by atoms with van der Waals surface area (Å²) >= 11 is 0. The molecule has 3 aromatic carbocycles. The van der Waals surface area contributed by atoms with Crippen molar-refractivity contribution in [1.82, 2.24) is 10.2 Å². The van der Waals surface area contributed by atoms with E-state index < -0.39 is 0 Å². The second kappa shape index (κ2) is 10.0. The van der Waals surface area contributed by atoms with Crippen molar-refractivity contribution in [2.45, 2.75) is 11.7 Å². The number of benzene rings is 3. The summed E-state index contributed by atoms with van der Waals surface area (Å²) in [5, 5.41) is 14.7. The van der Waals surface area contributed by atoms with E-state index in [0.717, 1.165) is 22.4 Å². The summed E-state index contributed by atoms with van der Waals surface area (Å²) in [5.74, 6) is 0.200. The number of amides is 1. The normalized spacial score (nSPS) is 12.5. The van der Waals surface area contributed by atoms with Crippen molar-refractivity contribution >= 4 is 32.3 Å². The van der Waals surface area contributed by atoms with Crippen molar-refractivity contribution in [3.05, 3.63) is 83.9 Å². The Hall–Kier alpha value is -2.89. The van der Waals surface area contributed by atoms with E-state index in [1.807, 2.05) is 56.6 Å². The van der Waals surface area contributed by atoms with Crippen molar-refractivity contribution in [3.8, 4) is 5.75 Å². The van der Waals surface area contributed by atoms with Crippen LogP contribution in [0.4, 0.5) is 0 Å². The maximum atomic E-state index is 12.4. The van der Waals surface area contributed by atoms with Gasteiger partial charge < -0.3 is 15.3 Å². The highest BCUT2D eigenvalue weighted by atomic mass is 28.2. The van der Waals surface area contributed by atoms with Crippen molar-refractivity contribution in [2.75, 3.05) is 20.6 Å². The molecule has 5 heteroatoms. The third-order valence-electron chi connectivity index (χ3n) is 4.81. The minimum absolute atomic E-state index is 0.0841. The zero-order chi connectivity index (χ0) is 20.6. The van der Waals surface area contributed by atoms with Crippen LogP contribution in [0.15, 0.2) is 72.8 Å². The number of likely N-dealkylation sites (N-methyl/N-ethyl adjacent to an activating group) is 1. The van der Waals surface area contributed by atoms with E-state index in [1.54, 1.807) is 18.2 Å². The lowest BCUT2D eigenvalue weighted by Gasteiger charge is -2.24. The van der Waals surface area contributed by atoms with Crippen molar-refractivity contribution in [1.29, 1.82) is 0 Å².